The van der Waals surface area contributed by atoms with Gasteiger partial charge in [0.25, 0.3) is 0 Å². The molecule has 0 bridgehead atoms. The second-order valence-electron chi connectivity index (χ2n) is 2.46. The van der Waals surface area contributed by atoms with E-state index >= 15 is 0 Å². The fraction of sp³-hybridized carbons (Fsp3) is 0.375. The Morgan fingerprint density at radius 1 is 1.64 bits per heavy atom. The Kier molecular flexibility index (Phi) is 1.74. The molecule has 11 heavy (non-hydrogen) atoms. The largest absolute Gasteiger partial charge is 0.467 e. The molecule has 0 spiro atoms. The van der Waals surface area contributed by atoms with Crippen molar-refractivity contribution >= 4 is 16.8 Å². The molecule has 0 saturated heterocycles. The first-order valence-electron chi connectivity index (χ1n) is 3.52. The maximum Gasteiger partial charge on any atom is 0.128 e. The van der Waals surface area contributed by atoms with E-state index in [2.05, 4.69) is 11.2 Å². The molecular weight excluding hydrogens is 158 g/mol. The summed E-state index contributed by atoms with van der Waals surface area (Å²) in [5, 5.41) is 1.21. The Morgan fingerprint density at radius 3 is 3.36 bits per heavy atom. The third-order valence-electron chi connectivity index (χ3n) is 1.81. The van der Waals surface area contributed by atoms with Crippen LogP contribution in [0.5, 0.6) is 0 Å². The van der Waals surface area contributed by atoms with Gasteiger partial charge in [-0.1, -0.05) is 0 Å². The summed E-state index contributed by atoms with van der Waals surface area (Å²) in [7, 11) is 0. The van der Waals surface area contributed by atoms with E-state index in [0.717, 1.165) is 18.7 Å². The number of hydrogen-bond acceptors (Lipinski definition) is 3. The first kappa shape index (κ1) is 6.98. The van der Waals surface area contributed by atoms with Gasteiger partial charge in [-0.05, 0) is 12.3 Å². The van der Waals surface area contributed by atoms with E-state index in [4.69, 9.17) is 4.42 Å². The standard InChI is InChI=1S/C8H9NOS/c1-11-8-4-6-2-3-10-7(6)5-9-8/h2-3H,4-5H2,1H3. The summed E-state index contributed by atoms with van der Waals surface area (Å²) in [6.07, 6.45) is 4.75. The van der Waals surface area contributed by atoms with Crippen LogP contribution in [0.25, 0.3) is 0 Å². The molecule has 0 N–H and O–H groups in total. The normalized spacial score (nSPS) is 15.9. The maximum absolute atomic E-state index is 5.23. The fourth-order valence-electron chi connectivity index (χ4n) is 1.18. The van der Waals surface area contributed by atoms with Gasteiger partial charge in [0.15, 0.2) is 0 Å². The average molecular weight is 167 g/mol. The van der Waals surface area contributed by atoms with Crippen LogP contribution in [0.2, 0.25) is 0 Å². The first-order chi connectivity index (χ1) is 5.40. The van der Waals surface area contributed by atoms with Crippen molar-refractivity contribution in [3.63, 3.8) is 0 Å². The Hall–Kier alpha value is -0.700. The molecule has 0 radical (unpaired) electrons. The van der Waals surface area contributed by atoms with Crippen LogP contribution < -0.4 is 0 Å². The molecule has 0 atom stereocenters. The summed E-state index contributed by atoms with van der Waals surface area (Å²) < 4.78 is 5.23. The van der Waals surface area contributed by atoms with Crippen LogP contribution >= 0.6 is 11.8 Å². The molecule has 0 aromatic carbocycles. The molecule has 1 aliphatic heterocycles. The minimum absolute atomic E-state index is 0.721. The molecular formula is C8H9NOS. The van der Waals surface area contributed by atoms with Gasteiger partial charge in [-0.15, -0.1) is 11.8 Å². The van der Waals surface area contributed by atoms with E-state index in [1.807, 2.05) is 6.07 Å². The van der Waals surface area contributed by atoms with Gasteiger partial charge in [0, 0.05) is 12.0 Å². The average Bonchev–Trinajstić information content (AvgIpc) is 2.50. The number of fused-ring (bicyclic) bond motifs is 1. The van der Waals surface area contributed by atoms with Gasteiger partial charge in [0.05, 0.1) is 17.9 Å². The first-order valence-corrected chi connectivity index (χ1v) is 4.75. The zero-order chi connectivity index (χ0) is 7.68. The van der Waals surface area contributed by atoms with Crippen LogP contribution in [0.15, 0.2) is 21.7 Å². The highest BCUT2D eigenvalue weighted by atomic mass is 32.2. The second-order valence-corrected chi connectivity index (χ2v) is 3.34. The Morgan fingerprint density at radius 2 is 2.55 bits per heavy atom. The van der Waals surface area contributed by atoms with E-state index < -0.39 is 0 Å². The number of nitrogens with zero attached hydrogens (tertiary/aromatic N) is 1. The quantitative estimate of drug-likeness (QED) is 0.591. The lowest BCUT2D eigenvalue weighted by Crippen LogP contribution is -2.05. The molecule has 0 amide bonds. The van der Waals surface area contributed by atoms with Gasteiger partial charge < -0.3 is 4.42 Å². The van der Waals surface area contributed by atoms with Crippen LogP contribution in [-0.2, 0) is 13.0 Å². The predicted octanol–water partition coefficient (Wildman–Crippen LogP) is 2.10. The molecule has 58 valence electrons. The fourth-order valence-corrected chi connectivity index (χ4v) is 1.67. The second kappa shape index (κ2) is 2.74. The van der Waals surface area contributed by atoms with E-state index in [9.17, 15) is 0 Å². The van der Waals surface area contributed by atoms with Gasteiger partial charge in [0.1, 0.15) is 5.76 Å². The van der Waals surface area contributed by atoms with Crippen molar-refractivity contribution < 1.29 is 4.42 Å². The summed E-state index contributed by atoms with van der Waals surface area (Å²) >= 11 is 1.72. The summed E-state index contributed by atoms with van der Waals surface area (Å²) in [6.45, 7) is 0.721. The molecule has 0 unspecified atom stereocenters. The van der Waals surface area contributed by atoms with E-state index in [1.165, 1.54) is 10.6 Å². The molecule has 2 heterocycles. The zero-order valence-corrected chi connectivity index (χ0v) is 7.15. The minimum atomic E-state index is 0.721. The highest BCUT2D eigenvalue weighted by Crippen LogP contribution is 2.20. The lowest BCUT2D eigenvalue weighted by Gasteiger charge is -2.08. The van der Waals surface area contributed by atoms with Crippen molar-refractivity contribution in [1.29, 1.82) is 0 Å². The molecule has 0 saturated carbocycles. The van der Waals surface area contributed by atoms with Crippen molar-refractivity contribution in [3.8, 4) is 0 Å². The zero-order valence-electron chi connectivity index (χ0n) is 6.33. The number of rotatable bonds is 0. The van der Waals surface area contributed by atoms with Gasteiger partial charge in [-0.2, -0.15) is 0 Å². The number of aliphatic imine (C=N–C) groups is 1. The van der Waals surface area contributed by atoms with Crippen LogP contribution in [0, 0.1) is 0 Å². The molecule has 3 heteroatoms. The number of hydrogen-bond donors (Lipinski definition) is 0. The molecule has 1 aromatic rings. The van der Waals surface area contributed by atoms with Gasteiger partial charge in [-0.3, -0.25) is 4.99 Å². The molecule has 1 aromatic heterocycles. The lowest BCUT2D eigenvalue weighted by molar-refractivity contribution is 0.507. The molecule has 1 aliphatic rings. The van der Waals surface area contributed by atoms with E-state index in [1.54, 1.807) is 18.0 Å². The van der Waals surface area contributed by atoms with E-state index in [0.29, 0.717) is 0 Å². The van der Waals surface area contributed by atoms with Crippen molar-refractivity contribution in [1.82, 2.24) is 0 Å². The third-order valence-corrected chi connectivity index (χ3v) is 2.56. The summed E-state index contributed by atoms with van der Waals surface area (Å²) in [4.78, 5) is 4.35. The molecule has 2 nitrogen and oxygen atoms in total. The van der Waals surface area contributed by atoms with Gasteiger partial charge in [-0.25, -0.2) is 0 Å². The summed E-state index contributed by atoms with van der Waals surface area (Å²) in [6, 6.07) is 2.03. The molecule has 0 fully saturated rings. The highest BCUT2D eigenvalue weighted by Gasteiger charge is 2.13. The third kappa shape index (κ3) is 1.20. The smallest absolute Gasteiger partial charge is 0.128 e. The molecule has 2 rings (SSSR count). The highest BCUT2D eigenvalue weighted by molar-refractivity contribution is 8.13. The predicted molar refractivity (Wildman–Crippen MR) is 47.1 cm³/mol. The maximum atomic E-state index is 5.23. The van der Waals surface area contributed by atoms with Crippen LogP contribution in [0.3, 0.4) is 0 Å². The Bertz CT molecular complexity index is 290. The van der Waals surface area contributed by atoms with Crippen molar-refractivity contribution in [2.75, 3.05) is 6.26 Å². The van der Waals surface area contributed by atoms with Crippen molar-refractivity contribution in [2.24, 2.45) is 4.99 Å². The van der Waals surface area contributed by atoms with Gasteiger partial charge in [0.2, 0.25) is 0 Å². The SMILES string of the molecule is CSC1=NCc2occc2C1. The summed E-state index contributed by atoms with van der Waals surface area (Å²) in [5.41, 5.74) is 1.30. The van der Waals surface area contributed by atoms with Crippen LogP contribution in [0.4, 0.5) is 0 Å². The topological polar surface area (TPSA) is 25.5 Å². The number of thioether (sulfide) groups is 1. The van der Waals surface area contributed by atoms with Crippen LogP contribution in [-0.4, -0.2) is 11.3 Å². The number of furan rings is 1. The van der Waals surface area contributed by atoms with Crippen LogP contribution in [0.1, 0.15) is 11.3 Å². The minimum Gasteiger partial charge on any atom is -0.467 e. The summed E-state index contributed by atoms with van der Waals surface area (Å²) in [5.74, 6) is 1.03. The van der Waals surface area contributed by atoms with Crippen molar-refractivity contribution in [2.45, 2.75) is 13.0 Å². The monoisotopic (exact) mass is 167 g/mol. The van der Waals surface area contributed by atoms with Crippen molar-refractivity contribution in [3.05, 3.63) is 23.7 Å². The Balaban J connectivity index is 2.27. The molecule has 0 aliphatic carbocycles. The van der Waals surface area contributed by atoms with E-state index in [-0.39, 0.29) is 0 Å². The lowest BCUT2D eigenvalue weighted by atomic mass is 10.1. The Labute approximate surface area is 69.7 Å². The van der Waals surface area contributed by atoms with Gasteiger partial charge >= 0.3 is 0 Å².